The lowest BCUT2D eigenvalue weighted by Gasteiger charge is -2.11. The van der Waals surface area contributed by atoms with Gasteiger partial charge in [-0.25, -0.2) is 0 Å². The van der Waals surface area contributed by atoms with Crippen molar-refractivity contribution in [1.29, 1.82) is 0 Å². The number of carbonyl (C=O) groups excluding carboxylic acids is 1. The quantitative estimate of drug-likeness (QED) is 0.561. The number of allylic oxidation sites excluding steroid dienone is 1. The van der Waals surface area contributed by atoms with Gasteiger partial charge in [0.15, 0.2) is 5.78 Å². The lowest BCUT2D eigenvalue weighted by atomic mass is 9.95. The van der Waals surface area contributed by atoms with Crippen LogP contribution in [0, 0.1) is 0 Å². The minimum Gasteiger partial charge on any atom is -0.511 e. The molecule has 0 aromatic rings. The highest BCUT2D eigenvalue weighted by molar-refractivity contribution is 6.27. The van der Waals surface area contributed by atoms with E-state index >= 15 is 0 Å². The number of aliphatic imine (C=N–C) groups is 1. The van der Waals surface area contributed by atoms with Crippen molar-refractivity contribution in [2.45, 2.75) is 19.3 Å². The van der Waals surface area contributed by atoms with Gasteiger partial charge in [0.1, 0.15) is 12.3 Å². The molecule has 3 heteroatoms. The van der Waals surface area contributed by atoms with Crippen LogP contribution < -0.4 is 0 Å². The molecule has 0 amide bonds. The molecule has 2 aliphatic rings. The third kappa shape index (κ3) is 0.878. The highest BCUT2D eigenvalue weighted by Gasteiger charge is 2.28. The lowest BCUT2D eigenvalue weighted by Crippen LogP contribution is -2.13. The number of carbonyl (C=O) groups is 1. The molecule has 1 N–H and O–H groups in total. The fourth-order valence-corrected chi connectivity index (χ4v) is 1.57. The van der Waals surface area contributed by atoms with Crippen molar-refractivity contribution in [3.8, 4) is 0 Å². The van der Waals surface area contributed by atoms with E-state index in [1.807, 2.05) is 0 Å². The highest BCUT2D eigenvalue weighted by Crippen LogP contribution is 2.25. The van der Waals surface area contributed by atoms with E-state index in [9.17, 15) is 9.90 Å². The van der Waals surface area contributed by atoms with Crippen LogP contribution in [0.3, 0.4) is 0 Å². The monoisotopic (exact) mass is 151 g/mol. The Balaban J connectivity index is 2.47. The zero-order chi connectivity index (χ0) is 7.84. The maximum atomic E-state index is 11.1. The molecular formula is C8H9NO2. The van der Waals surface area contributed by atoms with E-state index in [1.165, 1.54) is 0 Å². The summed E-state index contributed by atoms with van der Waals surface area (Å²) >= 11 is 0. The van der Waals surface area contributed by atoms with Gasteiger partial charge in [0.2, 0.25) is 0 Å². The van der Waals surface area contributed by atoms with Crippen LogP contribution in [0.4, 0.5) is 0 Å². The summed E-state index contributed by atoms with van der Waals surface area (Å²) in [4.78, 5) is 15.1. The van der Waals surface area contributed by atoms with Crippen molar-refractivity contribution >= 4 is 11.5 Å². The van der Waals surface area contributed by atoms with Gasteiger partial charge in [0, 0.05) is 12.1 Å². The molecule has 0 saturated heterocycles. The minimum atomic E-state index is -0.0165. The van der Waals surface area contributed by atoms with Crippen LogP contribution in [-0.4, -0.2) is 23.1 Å². The molecule has 0 unspecified atom stereocenters. The molecule has 0 saturated carbocycles. The standard InChI is InChI=1S/C8H9NO2/c10-6-3-1-2-5-8(6)7(11)4-9-5/h10H,1-4H2. The topological polar surface area (TPSA) is 49.7 Å². The summed E-state index contributed by atoms with van der Waals surface area (Å²) in [6.45, 7) is 0.245. The first-order chi connectivity index (χ1) is 5.29. The summed E-state index contributed by atoms with van der Waals surface area (Å²) in [6, 6.07) is 0. The summed E-state index contributed by atoms with van der Waals surface area (Å²) < 4.78 is 0. The van der Waals surface area contributed by atoms with Crippen LogP contribution in [0.5, 0.6) is 0 Å². The molecule has 0 aromatic carbocycles. The first-order valence-corrected chi connectivity index (χ1v) is 3.78. The molecule has 0 aromatic heterocycles. The number of fused-ring (bicyclic) bond motifs is 1. The second-order valence-corrected chi connectivity index (χ2v) is 2.86. The van der Waals surface area contributed by atoms with Crippen molar-refractivity contribution in [3.63, 3.8) is 0 Å². The number of aliphatic hydroxyl groups excluding tert-OH is 1. The van der Waals surface area contributed by atoms with Crippen molar-refractivity contribution in [3.05, 3.63) is 11.3 Å². The Labute approximate surface area is 64.4 Å². The number of nitrogens with zero attached hydrogens (tertiary/aromatic N) is 1. The van der Waals surface area contributed by atoms with Crippen molar-refractivity contribution in [2.75, 3.05) is 6.54 Å². The molecule has 0 atom stereocenters. The number of ketones is 1. The van der Waals surface area contributed by atoms with E-state index < -0.39 is 0 Å². The zero-order valence-electron chi connectivity index (χ0n) is 6.13. The summed E-state index contributed by atoms with van der Waals surface area (Å²) in [6.07, 6.45) is 2.41. The van der Waals surface area contributed by atoms with Gasteiger partial charge in [0.05, 0.1) is 5.57 Å². The highest BCUT2D eigenvalue weighted by atomic mass is 16.3. The number of hydrogen-bond acceptors (Lipinski definition) is 3. The molecule has 0 radical (unpaired) electrons. The lowest BCUT2D eigenvalue weighted by molar-refractivity contribution is -0.113. The summed E-state index contributed by atoms with van der Waals surface area (Å²) in [5.74, 6) is 0.231. The third-order valence-corrected chi connectivity index (χ3v) is 2.10. The van der Waals surface area contributed by atoms with Gasteiger partial charge >= 0.3 is 0 Å². The number of aliphatic hydroxyl groups is 1. The van der Waals surface area contributed by atoms with Gasteiger partial charge < -0.3 is 5.11 Å². The maximum Gasteiger partial charge on any atom is 0.189 e. The van der Waals surface area contributed by atoms with Gasteiger partial charge in [-0.05, 0) is 12.8 Å². The van der Waals surface area contributed by atoms with E-state index in [-0.39, 0.29) is 18.1 Å². The van der Waals surface area contributed by atoms with Crippen molar-refractivity contribution in [1.82, 2.24) is 0 Å². The average Bonchev–Trinajstić information content (AvgIpc) is 2.34. The van der Waals surface area contributed by atoms with Gasteiger partial charge in [-0.2, -0.15) is 0 Å². The predicted octanol–water partition coefficient (Wildman–Crippen LogP) is 1.01. The van der Waals surface area contributed by atoms with Crippen LogP contribution >= 0.6 is 0 Å². The molecule has 1 aliphatic heterocycles. The summed E-state index contributed by atoms with van der Waals surface area (Å²) in [5.41, 5.74) is 1.33. The third-order valence-electron chi connectivity index (χ3n) is 2.10. The van der Waals surface area contributed by atoms with Crippen LogP contribution in [0.25, 0.3) is 0 Å². The first kappa shape index (κ1) is 6.58. The molecule has 3 nitrogen and oxygen atoms in total. The number of Topliss-reactive ketones (excluding diaryl/α,β-unsaturated/α-hetero) is 1. The Morgan fingerprint density at radius 3 is 2.91 bits per heavy atom. The second-order valence-electron chi connectivity index (χ2n) is 2.86. The molecule has 11 heavy (non-hydrogen) atoms. The van der Waals surface area contributed by atoms with Crippen molar-refractivity contribution < 1.29 is 9.90 Å². The van der Waals surface area contributed by atoms with Gasteiger partial charge in [-0.3, -0.25) is 9.79 Å². The van der Waals surface area contributed by atoms with E-state index in [0.717, 1.165) is 18.6 Å². The smallest absolute Gasteiger partial charge is 0.189 e. The Hall–Kier alpha value is -1.12. The van der Waals surface area contributed by atoms with Crippen LogP contribution in [0.2, 0.25) is 0 Å². The molecular weight excluding hydrogens is 142 g/mol. The Kier molecular flexibility index (Phi) is 1.31. The summed E-state index contributed by atoms with van der Waals surface area (Å²) in [5, 5.41) is 9.33. The zero-order valence-corrected chi connectivity index (χ0v) is 6.13. The normalized spacial score (nSPS) is 23.6. The molecule has 1 aliphatic carbocycles. The summed E-state index contributed by atoms with van der Waals surface area (Å²) in [7, 11) is 0. The van der Waals surface area contributed by atoms with E-state index in [1.54, 1.807) is 0 Å². The molecule has 0 bridgehead atoms. The fourth-order valence-electron chi connectivity index (χ4n) is 1.57. The van der Waals surface area contributed by atoms with Crippen LogP contribution in [0.1, 0.15) is 19.3 Å². The SMILES string of the molecule is O=C1CN=C2CCCC(O)=C12. The van der Waals surface area contributed by atoms with Gasteiger partial charge in [-0.1, -0.05) is 0 Å². The maximum absolute atomic E-state index is 11.1. The fraction of sp³-hybridized carbons (Fsp3) is 0.500. The molecule has 1 heterocycles. The number of rotatable bonds is 0. The van der Waals surface area contributed by atoms with Crippen LogP contribution in [-0.2, 0) is 4.79 Å². The average molecular weight is 151 g/mol. The van der Waals surface area contributed by atoms with Gasteiger partial charge in [0.25, 0.3) is 0 Å². The van der Waals surface area contributed by atoms with E-state index in [4.69, 9.17) is 0 Å². The predicted molar refractivity (Wildman–Crippen MR) is 40.8 cm³/mol. The van der Waals surface area contributed by atoms with E-state index in [0.29, 0.717) is 12.0 Å². The molecule has 0 fully saturated rings. The largest absolute Gasteiger partial charge is 0.511 e. The Morgan fingerprint density at radius 1 is 1.36 bits per heavy atom. The molecule has 0 spiro atoms. The number of hydrogen-bond donors (Lipinski definition) is 1. The van der Waals surface area contributed by atoms with Crippen LogP contribution in [0.15, 0.2) is 16.3 Å². The van der Waals surface area contributed by atoms with E-state index in [2.05, 4.69) is 4.99 Å². The molecule has 58 valence electrons. The first-order valence-electron chi connectivity index (χ1n) is 3.78. The second kappa shape index (κ2) is 2.19. The van der Waals surface area contributed by atoms with Gasteiger partial charge in [-0.15, -0.1) is 0 Å². The Bertz CT molecular complexity index is 276. The minimum absolute atomic E-state index is 0.0165. The van der Waals surface area contributed by atoms with Crippen molar-refractivity contribution in [2.24, 2.45) is 4.99 Å². The molecule has 2 rings (SSSR count). The Morgan fingerprint density at radius 2 is 2.18 bits per heavy atom.